The molecule has 0 spiro atoms. The van der Waals surface area contributed by atoms with Crippen molar-refractivity contribution in [2.24, 2.45) is 0 Å². The maximum absolute atomic E-state index is 13.7. The fraction of sp³-hybridized carbons (Fsp3) is 0.0769. The van der Waals surface area contributed by atoms with Crippen molar-refractivity contribution < 1.29 is 21.9 Å². The minimum Gasteiger partial charge on any atom is -0.497 e. The molecule has 0 saturated carbocycles. The van der Waals surface area contributed by atoms with Crippen LogP contribution >= 0.6 is 0 Å². The molecule has 0 heterocycles. The van der Waals surface area contributed by atoms with Gasteiger partial charge in [-0.15, -0.1) is 0 Å². The van der Waals surface area contributed by atoms with E-state index < -0.39 is 26.6 Å². The quantitative estimate of drug-likeness (QED) is 0.849. The van der Waals surface area contributed by atoms with Gasteiger partial charge in [-0.2, -0.15) is 0 Å². The highest BCUT2D eigenvalue weighted by Crippen LogP contribution is 2.25. The molecule has 0 aliphatic heterocycles. The van der Waals surface area contributed by atoms with Crippen LogP contribution in [0.1, 0.15) is 0 Å². The van der Waals surface area contributed by atoms with Crippen molar-refractivity contribution in [1.29, 1.82) is 0 Å². The maximum Gasteiger partial charge on any atom is 0.265 e. The van der Waals surface area contributed by atoms with Crippen LogP contribution in [0.4, 0.5) is 20.2 Å². The molecule has 3 N–H and O–H groups in total. The highest BCUT2D eigenvalue weighted by molar-refractivity contribution is 7.92. The molecular weight excluding hydrogens is 302 g/mol. The number of anilines is 2. The molecule has 5 nitrogen and oxygen atoms in total. The third-order valence-electron chi connectivity index (χ3n) is 2.63. The number of benzene rings is 2. The van der Waals surface area contributed by atoms with E-state index in [2.05, 4.69) is 4.72 Å². The van der Waals surface area contributed by atoms with E-state index in [0.717, 1.165) is 6.07 Å². The van der Waals surface area contributed by atoms with Crippen LogP contribution in [0.2, 0.25) is 0 Å². The third-order valence-corrected chi connectivity index (χ3v) is 4.01. The molecule has 0 saturated heterocycles. The standard InChI is InChI=1S/C13H12F2N2O3S/c1-20-10-4-2-3-9(7-10)17-21(18,19)12-6-8(16)5-11(14)13(12)15/h2-7,17H,16H2,1H3. The predicted molar refractivity (Wildman–Crippen MR) is 74.6 cm³/mol. The van der Waals surface area contributed by atoms with Crippen LogP contribution in [-0.2, 0) is 10.0 Å². The smallest absolute Gasteiger partial charge is 0.265 e. The van der Waals surface area contributed by atoms with Gasteiger partial charge in [0, 0.05) is 11.8 Å². The van der Waals surface area contributed by atoms with Crippen molar-refractivity contribution in [3.05, 3.63) is 48.0 Å². The van der Waals surface area contributed by atoms with Crippen LogP contribution in [0.3, 0.4) is 0 Å². The average Bonchev–Trinajstić information content (AvgIpc) is 2.42. The number of nitrogens with two attached hydrogens (primary N) is 1. The summed E-state index contributed by atoms with van der Waals surface area (Å²) in [6, 6.07) is 7.56. The monoisotopic (exact) mass is 314 g/mol. The zero-order valence-electron chi connectivity index (χ0n) is 10.9. The second-order valence-electron chi connectivity index (χ2n) is 4.15. The Balaban J connectivity index is 2.43. The van der Waals surface area contributed by atoms with Gasteiger partial charge >= 0.3 is 0 Å². The van der Waals surface area contributed by atoms with Gasteiger partial charge in [-0.25, -0.2) is 17.2 Å². The van der Waals surface area contributed by atoms with Crippen molar-refractivity contribution in [3.8, 4) is 5.75 Å². The highest BCUT2D eigenvalue weighted by atomic mass is 32.2. The molecule has 0 radical (unpaired) electrons. The molecule has 2 rings (SSSR count). The van der Waals surface area contributed by atoms with Gasteiger partial charge in [-0.3, -0.25) is 4.72 Å². The Morgan fingerprint density at radius 1 is 1.19 bits per heavy atom. The van der Waals surface area contributed by atoms with Crippen LogP contribution in [0, 0.1) is 11.6 Å². The molecule has 0 fully saturated rings. The fourth-order valence-electron chi connectivity index (χ4n) is 1.68. The second-order valence-corrected chi connectivity index (χ2v) is 5.80. The summed E-state index contributed by atoms with van der Waals surface area (Å²) in [7, 11) is -2.90. The van der Waals surface area contributed by atoms with Gasteiger partial charge in [-0.05, 0) is 24.3 Å². The van der Waals surface area contributed by atoms with E-state index in [4.69, 9.17) is 10.5 Å². The van der Waals surface area contributed by atoms with Gasteiger partial charge in [0.1, 0.15) is 10.6 Å². The van der Waals surface area contributed by atoms with Crippen molar-refractivity contribution in [2.75, 3.05) is 17.6 Å². The molecule has 21 heavy (non-hydrogen) atoms. The molecule has 8 heteroatoms. The summed E-state index contributed by atoms with van der Waals surface area (Å²) in [6.07, 6.45) is 0. The number of nitrogen functional groups attached to an aromatic ring is 1. The summed E-state index contributed by atoms with van der Waals surface area (Å²) in [5.41, 5.74) is 5.30. The lowest BCUT2D eigenvalue weighted by molar-refractivity contribution is 0.415. The zero-order valence-corrected chi connectivity index (χ0v) is 11.7. The van der Waals surface area contributed by atoms with E-state index in [1.165, 1.54) is 19.2 Å². The average molecular weight is 314 g/mol. The zero-order chi connectivity index (χ0) is 15.6. The van der Waals surface area contributed by atoms with Gasteiger partial charge in [-0.1, -0.05) is 6.07 Å². The first-order chi connectivity index (χ1) is 9.83. The van der Waals surface area contributed by atoms with Gasteiger partial charge < -0.3 is 10.5 Å². The number of ether oxygens (including phenoxy) is 1. The molecule has 0 bridgehead atoms. The topological polar surface area (TPSA) is 81.4 Å². The van der Waals surface area contributed by atoms with E-state index in [9.17, 15) is 17.2 Å². The Morgan fingerprint density at radius 2 is 1.90 bits per heavy atom. The molecule has 2 aromatic rings. The summed E-state index contributed by atoms with van der Waals surface area (Å²) in [5, 5.41) is 0. The number of nitrogens with one attached hydrogen (secondary N) is 1. The van der Waals surface area contributed by atoms with Gasteiger partial charge in [0.2, 0.25) is 0 Å². The lowest BCUT2D eigenvalue weighted by Gasteiger charge is -2.11. The Hall–Kier alpha value is -2.35. The summed E-state index contributed by atoms with van der Waals surface area (Å²) in [6.45, 7) is 0. The first-order valence-electron chi connectivity index (χ1n) is 5.75. The van der Waals surface area contributed by atoms with Crippen LogP contribution in [0.15, 0.2) is 41.3 Å². The molecule has 0 amide bonds. The van der Waals surface area contributed by atoms with E-state index in [1.54, 1.807) is 12.1 Å². The second kappa shape index (κ2) is 5.57. The molecule has 0 aliphatic rings. The Bertz CT molecular complexity index is 779. The molecule has 0 aromatic heterocycles. The van der Waals surface area contributed by atoms with Crippen molar-refractivity contribution in [2.45, 2.75) is 4.90 Å². The van der Waals surface area contributed by atoms with Crippen LogP contribution in [-0.4, -0.2) is 15.5 Å². The van der Waals surface area contributed by atoms with E-state index >= 15 is 0 Å². The number of hydrogen-bond donors (Lipinski definition) is 2. The van der Waals surface area contributed by atoms with Crippen molar-refractivity contribution in [3.63, 3.8) is 0 Å². The predicted octanol–water partition coefficient (Wildman–Crippen LogP) is 2.36. The number of hydrogen-bond acceptors (Lipinski definition) is 4. The minimum atomic E-state index is -4.31. The molecule has 112 valence electrons. The number of sulfonamides is 1. The van der Waals surface area contributed by atoms with E-state index in [0.29, 0.717) is 11.8 Å². The van der Waals surface area contributed by atoms with Gasteiger partial charge in [0.05, 0.1) is 12.8 Å². The number of halogens is 2. The SMILES string of the molecule is COc1cccc(NS(=O)(=O)c2cc(N)cc(F)c2F)c1. The summed E-state index contributed by atoms with van der Waals surface area (Å²) < 4.78 is 58.2. The minimum absolute atomic E-state index is 0.150. The van der Waals surface area contributed by atoms with E-state index in [1.807, 2.05) is 0 Å². The van der Waals surface area contributed by atoms with Crippen LogP contribution in [0.5, 0.6) is 5.75 Å². The lowest BCUT2D eigenvalue weighted by Crippen LogP contribution is -2.16. The van der Waals surface area contributed by atoms with Crippen LogP contribution < -0.4 is 15.2 Å². The fourth-order valence-corrected chi connectivity index (χ4v) is 2.85. The lowest BCUT2D eigenvalue weighted by atomic mass is 10.3. The molecular formula is C13H12F2N2O3S. The molecule has 0 aliphatic carbocycles. The Morgan fingerprint density at radius 3 is 2.57 bits per heavy atom. The van der Waals surface area contributed by atoms with E-state index in [-0.39, 0.29) is 11.4 Å². The van der Waals surface area contributed by atoms with Crippen LogP contribution in [0.25, 0.3) is 0 Å². The summed E-state index contributed by atoms with van der Waals surface area (Å²) >= 11 is 0. The summed E-state index contributed by atoms with van der Waals surface area (Å²) in [5.74, 6) is -2.41. The molecule has 0 atom stereocenters. The normalized spacial score (nSPS) is 11.2. The Labute approximate surface area is 120 Å². The van der Waals surface area contributed by atoms with Gasteiger partial charge in [0.15, 0.2) is 11.6 Å². The number of rotatable bonds is 4. The highest BCUT2D eigenvalue weighted by Gasteiger charge is 2.23. The maximum atomic E-state index is 13.7. The largest absolute Gasteiger partial charge is 0.497 e. The third kappa shape index (κ3) is 3.22. The van der Waals surface area contributed by atoms with Crippen molar-refractivity contribution in [1.82, 2.24) is 0 Å². The summed E-state index contributed by atoms with van der Waals surface area (Å²) in [4.78, 5) is -0.859. The van der Waals surface area contributed by atoms with Crippen molar-refractivity contribution >= 4 is 21.4 Å². The first-order valence-corrected chi connectivity index (χ1v) is 7.23. The first kappa shape index (κ1) is 15.0. The Kier molecular flexibility index (Phi) is 3.99. The molecule has 0 unspecified atom stereocenters. The molecule has 2 aromatic carbocycles. The number of methoxy groups -OCH3 is 1. The van der Waals surface area contributed by atoms with Gasteiger partial charge in [0.25, 0.3) is 10.0 Å².